The molecule has 0 saturated carbocycles. The Morgan fingerprint density at radius 1 is 1.30 bits per heavy atom. The van der Waals surface area contributed by atoms with Crippen LogP contribution in [0.1, 0.15) is 33.3 Å². The Labute approximate surface area is 123 Å². The number of nitrogens with zero attached hydrogens (tertiary/aromatic N) is 1. The monoisotopic (exact) mass is 276 g/mol. The zero-order valence-corrected chi connectivity index (χ0v) is 13.4. The molecule has 2 unspecified atom stereocenters. The normalized spacial score (nSPS) is 24.6. The summed E-state index contributed by atoms with van der Waals surface area (Å²) in [6.45, 7) is 12.3. The molecule has 0 spiro atoms. The van der Waals surface area contributed by atoms with Gasteiger partial charge >= 0.3 is 0 Å². The second-order valence-corrected chi connectivity index (χ2v) is 6.93. The molecule has 1 fully saturated rings. The lowest BCUT2D eigenvalue weighted by molar-refractivity contribution is 0.0520. The van der Waals surface area contributed by atoms with Crippen molar-refractivity contribution in [2.45, 2.75) is 46.3 Å². The third-order valence-corrected chi connectivity index (χ3v) is 4.17. The molecular formula is C17H28N2O. The standard InChI is InChI=1S/C17H28N2O/c1-13-11-19(16(10-18-13)17(2,3)4)12-14-8-6-7-9-15(14)20-5/h6-9,13,16,18H,10-12H2,1-5H3. The van der Waals surface area contributed by atoms with Gasteiger partial charge in [0.25, 0.3) is 0 Å². The van der Waals surface area contributed by atoms with Crippen molar-refractivity contribution >= 4 is 0 Å². The van der Waals surface area contributed by atoms with Crippen LogP contribution < -0.4 is 10.1 Å². The number of piperazine rings is 1. The summed E-state index contributed by atoms with van der Waals surface area (Å²) >= 11 is 0. The van der Waals surface area contributed by atoms with Crippen LogP contribution in [0.25, 0.3) is 0 Å². The zero-order chi connectivity index (χ0) is 14.8. The number of para-hydroxylation sites is 1. The van der Waals surface area contributed by atoms with Crippen molar-refractivity contribution in [1.29, 1.82) is 0 Å². The summed E-state index contributed by atoms with van der Waals surface area (Å²) in [6.07, 6.45) is 0. The molecule has 1 N–H and O–H groups in total. The van der Waals surface area contributed by atoms with E-state index in [0.29, 0.717) is 12.1 Å². The molecule has 0 radical (unpaired) electrons. The van der Waals surface area contributed by atoms with Gasteiger partial charge in [-0.05, 0) is 18.4 Å². The van der Waals surface area contributed by atoms with Crippen molar-refractivity contribution < 1.29 is 4.74 Å². The van der Waals surface area contributed by atoms with E-state index >= 15 is 0 Å². The highest BCUT2D eigenvalue weighted by Crippen LogP contribution is 2.29. The van der Waals surface area contributed by atoms with E-state index in [1.165, 1.54) is 5.56 Å². The Morgan fingerprint density at radius 3 is 2.65 bits per heavy atom. The summed E-state index contributed by atoms with van der Waals surface area (Å²) < 4.78 is 5.49. The summed E-state index contributed by atoms with van der Waals surface area (Å²) in [5.74, 6) is 0.992. The predicted molar refractivity (Wildman–Crippen MR) is 84.1 cm³/mol. The third-order valence-electron chi connectivity index (χ3n) is 4.17. The first-order valence-electron chi connectivity index (χ1n) is 7.51. The molecule has 0 amide bonds. The molecule has 1 saturated heterocycles. The van der Waals surface area contributed by atoms with Crippen LogP contribution in [0.5, 0.6) is 5.75 Å². The first kappa shape index (κ1) is 15.3. The maximum absolute atomic E-state index is 5.49. The van der Waals surface area contributed by atoms with Gasteiger partial charge in [0.15, 0.2) is 0 Å². The van der Waals surface area contributed by atoms with Gasteiger partial charge in [-0.3, -0.25) is 4.90 Å². The van der Waals surface area contributed by atoms with Crippen molar-refractivity contribution in [3.05, 3.63) is 29.8 Å². The van der Waals surface area contributed by atoms with Gasteiger partial charge in [0.05, 0.1) is 7.11 Å². The van der Waals surface area contributed by atoms with Crippen molar-refractivity contribution in [1.82, 2.24) is 10.2 Å². The Hall–Kier alpha value is -1.06. The number of ether oxygens (including phenoxy) is 1. The fourth-order valence-electron chi connectivity index (χ4n) is 3.07. The van der Waals surface area contributed by atoms with Gasteiger partial charge in [-0.2, -0.15) is 0 Å². The summed E-state index contributed by atoms with van der Waals surface area (Å²) in [7, 11) is 1.75. The van der Waals surface area contributed by atoms with Gasteiger partial charge in [0.1, 0.15) is 5.75 Å². The third kappa shape index (κ3) is 3.53. The fourth-order valence-corrected chi connectivity index (χ4v) is 3.07. The van der Waals surface area contributed by atoms with Crippen LogP contribution in [0.2, 0.25) is 0 Å². The Kier molecular flexibility index (Phi) is 4.71. The van der Waals surface area contributed by atoms with Gasteiger partial charge in [0.2, 0.25) is 0 Å². The maximum atomic E-state index is 5.49. The largest absolute Gasteiger partial charge is 0.496 e. The highest BCUT2D eigenvalue weighted by molar-refractivity contribution is 5.33. The summed E-state index contributed by atoms with van der Waals surface area (Å²) in [4.78, 5) is 2.60. The van der Waals surface area contributed by atoms with Gasteiger partial charge in [-0.1, -0.05) is 39.0 Å². The van der Waals surface area contributed by atoms with Crippen molar-refractivity contribution in [3.63, 3.8) is 0 Å². The van der Waals surface area contributed by atoms with Crippen molar-refractivity contribution in [2.75, 3.05) is 20.2 Å². The van der Waals surface area contributed by atoms with E-state index in [1.807, 2.05) is 12.1 Å². The van der Waals surface area contributed by atoms with Crippen molar-refractivity contribution in [3.8, 4) is 5.75 Å². The molecule has 20 heavy (non-hydrogen) atoms. The number of benzene rings is 1. The van der Waals surface area contributed by atoms with Crippen LogP contribution in [0.15, 0.2) is 24.3 Å². The molecule has 2 rings (SSSR count). The molecule has 0 aliphatic carbocycles. The number of nitrogens with one attached hydrogen (secondary N) is 1. The lowest BCUT2D eigenvalue weighted by Crippen LogP contribution is -2.59. The molecule has 1 aromatic rings. The predicted octanol–water partition coefficient (Wildman–Crippen LogP) is 2.90. The van der Waals surface area contributed by atoms with Gasteiger partial charge in [-0.25, -0.2) is 0 Å². The molecule has 3 nitrogen and oxygen atoms in total. The van der Waals surface area contributed by atoms with Crippen molar-refractivity contribution in [2.24, 2.45) is 5.41 Å². The van der Waals surface area contributed by atoms with Crippen LogP contribution in [-0.2, 0) is 6.54 Å². The second-order valence-electron chi connectivity index (χ2n) is 6.93. The molecular weight excluding hydrogens is 248 g/mol. The first-order valence-corrected chi connectivity index (χ1v) is 7.51. The van der Waals surface area contributed by atoms with Crippen LogP contribution in [0.3, 0.4) is 0 Å². The van der Waals surface area contributed by atoms with Gasteiger partial charge in [0, 0.05) is 37.3 Å². The Morgan fingerprint density at radius 2 is 2.00 bits per heavy atom. The highest BCUT2D eigenvalue weighted by Gasteiger charge is 2.34. The molecule has 1 heterocycles. The first-order chi connectivity index (χ1) is 9.41. The molecule has 112 valence electrons. The molecule has 0 aromatic heterocycles. The van der Waals surface area contributed by atoms with E-state index in [1.54, 1.807) is 7.11 Å². The average Bonchev–Trinajstić information content (AvgIpc) is 2.38. The highest BCUT2D eigenvalue weighted by atomic mass is 16.5. The lowest BCUT2D eigenvalue weighted by Gasteiger charge is -2.46. The molecule has 1 aliphatic rings. The van der Waals surface area contributed by atoms with Crippen LogP contribution in [0.4, 0.5) is 0 Å². The van der Waals surface area contributed by atoms with E-state index in [9.17, 15) is 0 Å². The molecule has 3 heteroatoms. The average molecular weight is 276 g/mol. The van der Waals surface area contributed by atoms with Gasteiger partial charge < -0.3 is 10.1 Å². The molecule has 2 atom stereocenters. The summed E-state index contributed by atoms with van der Waals surface area (Å²) in [5.41, 5.74) is 1.55. The minimum absolute atomic E-state index is 0.273. The Bertz CT molecular complexity index is 439. The topological polar surface area (TPSA) is 24.5 Å². The minimum Gasteiger partial charge on any atom is -0.496 e. The van der Waals surface area contributed by atoms with Gasteiger partial charge in [-0.15, -0.1) is 0 Å². The summed E-state index contributed by atoms with van der Waals surface area (Å²) in [5, 5.41) is 3.61. The number of rotatable bonds is 3. The SMILES string of the molecule is COc1ccccc1CN1CC(C)NCC1C(C)(C)C. The smallest absolute Gasteiger partial charge is 0.123 e. The summed E-state index contributed by atoms with van der Waals surface area (Å²) in [6, 6.07) is 9.43. The van der Waals surface area contributed by atoms with E-state index in [4.69, 9.17) is 4.74 Å². The Balaban J connectivity index is 2.19. The number of hydrogen-bond donors (Lipinski definition) is 1. The van der Waals surface area contributed by atoms with Crippen LogP contribution in [-0.4, -0.2) is 37.2 Å². The zero-order valence-electron chi connectivity index (χ0n) is 13.4. The van der Waals surface area contributed by atoms with E-state index in [0.717, 1.165) is 25.4 Å². The minimum atomic E-state index is 0.273. The molecule has 0 bridgehead atoms. The van der Waals surface area contributed by atoms with Crippen LogP contribution in [0, 0.1) is 5.41 Å². The quantitative estimate of drug-likeness (QED) is 0.918. The number of hydrogen-bond acceptors (Lipinski definition) is 3. The molecule has 1 aliphatic heterocycles. The molecule has 1 aromatic carbocycles. The van der Waals surface area contributed by atoms with E-state index in [-0.39, 0.29) is 5.41 Å². The van der Waals surface area contributed by atoms with E-state index in [2.05, 4.69) is 50.0 Å². The number of methoxy groups -OCH3 is 1. The lowest BCUT2D eigenvalue weighted by atomic mass is 9.83. The van der Waals surface area contributed by atoms with Crippen LogP contribution >= 0.6 is 0 Å². The maximum Gasteiger partial charge on any atom is 0.123 e. The fraction of sp³-hybridized carbons (Fsp3) is 0.647. The second kappa shape index (κ2) is 6.15. The van der Waals surface area contributed by atoms with E-state index < -0.39 is 0 Å².